The summed E-state index contributed by atoms with van der Waals surface area (Å²) in [6.45, 7) is 6.43. The summed E-state index contributed by atoms with van der Waals surface area (Å²) in [5.41, 5.74) is 1.63. The van der Waals surface area contributed by atoms with Crippen LogP contribution in [0.3, 0.4) is 0 Å². The minimum Gasteiger partial charge on any atom is -0.490 e. The fraction of sp³-hybridized carbons (Fsp3) is 0.381. The number of nitrogens with zero attached hydrogens (tertiary/aromatic N) is 1. The first-order valence-electron chi connectivity index (χ1n) is 9.16. The fourth-order valence-electron chi connectivity index (χ4n) is 2.36. The van der Waals surface area contributed by atoms with Crippen LogP contribution in [0, 0.1) is 11.3 Å². The lowest BCUT2D eigenvalue weighted by atomic mass is 10.0. The van der Waals surface area contributed by atoms with Crippen molar-refractivity contribution in [2.24, 2.45) is 0 Å². The zero-order valence-corrected chi connectivity index (χ0v) is 17.2. The maximum atomic E-state index is 11.8. The molecule has 2 aromatic carbocycles. The summed E-state index contributed by atoms with van der Waals surface area (Å²) in [4.78, 5) is 0. The summed E-state index contributed by atoms with van der Waals surface area (Å²) in [5, 5.41) is 8.33. The Morgan fingerprint density at radius 3 is 1.89 bits per heavy atom. The van der Waals surface area contributed by atoms with Gasteiger partial charge < -0.3 is 9.47 Å². The number of ether oxygens (including phenoxy) is 2. The summed E-state index contributed by atoms with van der Waals surface area (Å²) < 4.78 is 37.6. The molecule has 0 spiro atoms. The first-order valence-corrected chi connectivity index (χ1v) is 10.7. The highest BCUT2D eigenvalue weighted by Gasteiger charge is 2.17. The van der Waals surface area contributed by atoms with Crippen LogP contribution in [0.15, 0.2) is 48.5 Å². The van der Waals surface area contributed by atoms with Crippen molar-refractivity contribution in [2.75, 3.05) is 19.8 Å². The van der Waals surface area contributed by atoms with Crippen LogP contribution in [0.1, 0.15) is 37.8 Å². The molecule has 0 bridgehead atoms. The van der Waals surface area contributed by atoms with E-state index in [1.165, 1.54) is 0 Å². The normalized spacial score (nSPS) is 12.4. The maximum Gasteiger partial charge on any atom is 0.213 e. The van der Waals surface area contributed by atoms with Crippen LogP contribution in [-0.4, -0.2) is 33.4 Å². The zero-order valence-electron chi connectivity index (χ0n) is 16.4. The second-order valence-electron chi connectivity index (χ2n) is 6.75. The molecule has 2 aromatic rings. The van der Waals surface area contributed by atoms with Gasteiger partial charge in [0.1, 0.15) is 24.7 Å². The van der Waals surface area contributed by atoms with E-state index in [0.717, 1.165) is 11.3 Å². The molecule has 0 amide bonds. The third-order valence-electron chi connectivity index (χ3n) is 4.26. The van der Waals surface area contributed by atoms with E-state index in [-0.39, 0.29) is 5.92 Å². The molecule has 0 aromatic heterocycles. The summed E-state index contributed by atoms with van der Waals surface area (Å²) in [6, 6.07) is 16.6. The van der Waals surface area contributed by atoms with Gasteiger partial charge in [-0.25, -0.2) is 13.1 Å². The van der Waals surface area contributed by atoms with E-state index in [2.05, 4.69) is 10.8 Å². The van der Waals surface area contributed by atoms with E-state index in [0.29, 0.717) is 31.1 Å². The molecule has 0 aliphatic heterocycles. The highest BCUT2D eigenvalue weighted by Crippen LogP contribution is 2.19. The van der Waals surface area contributed by atoms with Gasteiger partial charge in [0.05, 0.1) is 16.9 Å². The van der Waals surface area contributed by atoms with Crippen LogP contribution in [-0.2, 0) is 10.0 Å². The van der Waals surface area contributed by atoms with Gasteiger partial charge in [-0.3, -0.25) is 0 Å². The molecule has 1 atom stereocenters. The largest absolute Gasteiger partial charge is 0.490 e. The Hall–Kier alpha value is -2.56. The first-order chi connectivity index (χ1) is 13.3. The highest BCUT2D eigenvalue weighted by molar-refractivity contribution is 7.90. The van der Waals surface area contributed by atoms with Crippen LogP contribution in [0.5, 0.6) is 11.5 Å². The lowest BCUT2D eigenvalue weighted by molar-refractivity contribution is 0.217. The lowest BCUT2D eigenvalue weighted by Gasteiger charge is -2.15. The quantitative estimate of drug-likeness (QED) is 0.615. The van der Waals surface area contributed by atoms with Crippen molar-refractivity contribution in [1.82, 2.24) is 4.72 Å². The fourth-order valence-corrected chi connectivity index (χ4v) is 3.18. The van der Waals surface area contributed by atoms with Gasteiger partial charge in [0, 0.05) is 6.54 Å². The molecule has 150 valence electrons. The molecule has 0 aliphatic rings. The number of hydrogen-bond acceptors (Lipinski definition) is 5. The van der Waals surface area contributed by atoms with Crippen LogP contribution < -0.4 is 14.2 Å². The molecular formula is C21H26N2O4S. The average Bonchev–Trinajstić information content (AvgIpc) is 2.70. The number of nitrogens with one attached hydrogen (secondary N) is 1. The van der Waals surface area contributed by atoms with Gasteiger partial charge in [0.15, 0.2) is 0 Å². The summed E-state index contributed by atoms with van der Waals surface area (Å²) >= 11 is 0. The van der Waals surface area contributed by atoms with E-state index in [4.69, 9.17) is 14.7 Å². The molecule has 6 nitrogen and oxygen atoms in total. The maximum absolute atomic E-state index is 11.8. The Kier molecular flexibility index (Phi) is 7.85. The molecule has 28 heavy (non-hydrogen) atoms. The predicted octanol–water partition coefficient (Wildman–Crippen LogP) is 3.45. The molecule has 1 N–H and O–H groups in total. The van der Waals surface area contributed by atoms with Gasteiger partial charge in [-0.2, -0.15) is 5.26 Å². The first kappa shape index (κ1) is 21.7. The van der Waals surface area contributed by atoms with Gasteiger partial charge in [0.25, 0.3) is 0 Å². The van der Waals surface area contributed by atoms with Crippen molar-refractivity contribution in [3.63, 3.8) is 0 Å². The Morgan fingerprint density at radius 2 is 1.43 bits per heavy atom. The number of nitriles is 1. The Bertz CT molecular complexity index is 885. The molecule has 0 heterocycles. The van der Waals surface area contributed by atoms with Crippen molar-refractivity contribution < 1.29 is 17.9 Å². The van der Waals surface area contributed by atoms with Crippen LogP contribution in [0.4, 0.5) is 0 Å². The van der Waals surface area contributed by atoms with Crippen LogP contribution in [0.2, 0.25) is 0 Å². The van der Waals surface area contributed by atoms with Crippen molar-refractivity contribution >= 4 is 10.0 Å². The highest BCUT2D eigenvalue weighted by atomic mass is 32.2. The van der Waals surface area contributed by atoms with Gasteiger partial charge in [-0.05, 0) is 61.7 Å². The van der Waals surface area contributed by atoms with E-state index in [1.54, 1.807) is 38.1 Å². The molecule has 0 radical (unpaired) electrons. The molecule has 7 heteroatoms. The van der Waals surface area contributed by atoms with E-state index >= 15 is 0 Å². The lowest BCUT2D eigenvalue weighted by Crippen LogP contribution is -2.33. The molecule has 1 unspecified atom stereocenters. The minimum absolute atomic E-state index is 0.0577. The van der Waals surface area contributed by atoms with Gasteiger partial charge in [0.2, 0.25) is 10.0 Å². The molecule has 0 saturated heterocycles. The summed E-state index contributed by atoms with van der Waals surface area (Å²) in [7, 11) is -3.26. The SMILES string of the molecule is CC(CNS(=O)(=O)C(C)C)c1ccc(OCCOc2ccc(C#N)cc2)cc1. The summed E-state index contributed by atoms with van der Waals surface area (Å²) in [6.07, 6.45) is 0. The van der Waals surface area contributed by atoms with Crippen LogP contribution >= 0.6 is 0 Å². The minimum atomic E-state index is -3.26. The van der Waals surface area contributed by atoms with Crippen molar-refractivity contribution in [3.05, 3.63) is 59.7 Å². The van der Waals surface area contributed by atoms with E-state index < -0.39 is 15.3 Å². The third kappa shape index (κ3) is 6.55. The Balaban J connectivity index is 1.76. The second kappa shape index (κ2) is 10.1. The number of rotatable bonds is 10. The zero-order chi connectivity index (χ0) is 20.6. The third-order valence-corrected chi connectivity index (χ3v) is 6.07. The van der Waals surface area contributed by atoms with Gasteiger partial charge in [-0.1, -0.05) is 19.1 Å². The number of hydrogen-bond donors (Lipinski definition) is 1. The number of sulfonamides is 1. The van der Waals surface area contributed by atoms with E-state index in [9.17, 15) is 8.42 Å². The molecule has 0 saturated carbocycles. The monoisotopic (exact) mass is 402 g/mol. The summed E-state index contributed by atoms with van der Waals surface area (Å²) in [5.74, 6) is 1.47. The van der Waals surface area contributed by atoms with Crippen LogP contribution in [0.25, 0.3) is 0 Å². The predicted molar refractivity (Wildman–Crippen MR) is 109 cm³/mol. The molecule has 0 fully saturated rings. The average molecular weight is 403 g/mol. The molecule has 2 rings (SSSR count). The van der Waals surface area contributed by atoms with Gasteiger partial charge in [-0.15, -0.1) is 0 Å². The standard InChI is InChI=1S/C21H26N2O4S/c1-16(2)28(24,25)23-15-17(3)19-6-10-21(11-7-19)27-13-12-26-20-8-4-18(14-22)5-9-20/h4-11,16-17,23H,12-13,15H2,1-3H3. The van der Waals surface area contributed by atoms with Crippen molar-refractivity contribution in [3.8, 4) is 17.6 Å². The Labute approximate surface area is 167 Å². The topological polar surface area (TPSA) is 88.4 Å². The smallest absolute Gasteiger partial charge is 0.213 e. The van der Waals surface area contributed by atoms with Crippen molar-refractivity contribution in [2.45, 2.75) is 31.9 Å². The molecular weight excluding hydrogens is 376 g/mol. The van der Waals surface area contributed by atoms with E-state index in [1.807, 2.05) is 31.2 Å². The second-order valence-corrected chi connectivity index (χ2v) is 9.07. The number of benzene rings is 2. The van der Waals surface area contributed by atoms with Crippen molar-refractivity contribution in [1.29, 1.82) is 5.26 Å². The van der Waals surface area contributed by atoms with Gasteiger partial charge >= 0.3 is 0 Å². The Morgan fingerprint density at radius 1 is 0.929 bits per heavy atom. The molecule has 0 aliphatic carbocycles.